The smallest absolute Gasteiger partial charge is 0.132 e. The van der Waals surface area contributed by atoms with Crippen molar-refractivity contribution in [3.8, 4) is 5.75 Å². The quantitative estimate of drug-likeness (QED) is 0.723. The molecule has 0 spiro atoms. The third-order valence-electron chi connectivity index (χ3n) is 2.24. The number of nitrogens with two attached hydrogens (primary N) is 1. The van der Waals surface area contributed by atoms with Gasteiger partial charge in [-0.1, -0.05) is 19.9 Å². The molecule has 14 heavy (non-hydrogen) atoms. The average molecular weight is 195 g/mol. The lowest BCUT2D eigenvalue weighted by molar-refractivity contribution is 0.181. The molecule has 0 amide bonds. The molecule has 1 aromatic carbocycles. The van der Waals surface area contributed by atoms with Crippen molar-refractivity contribution in [2.75, 3.05) is 7.11 Å². The van der Waals surface area contributed by atoms with E-state index in [1.54, 1.807) is 7.11 Å². The zero-order valence-electron chi connectivity index (χ0n) is 8.82. The highest BCUT2D eigenvalue weighted by molar-refractivity contribution is 5.39. The topological polar surface area (TPSA) is 55.5 Å². The number of methoxy groups -OCH3 is 1. The van der Waals surface area contributed by atoms with Gasteiger partial charge in [-0.25, -0.2) is 0 Å². The van der Waals surface area contributed by atoms with E-state index in [1.165, 1.54) is 0 Å². The van der Waals surface area contributed by atoms with Gasteiger partial charge in [0.2, 0.25) is 0 Å². The molecular weight excluding hydrogens is 178 g/mol. The first kappa shape index (κ1) is 11.0. The molecule has 0 aliphatic rings. The molecule has 3 heteroatoms. The van der Waals surface area contributed by atoms with E-state index >= 15 is 0 Å². The molecule has 0 aliphatic heterocycles. The highest BCUT2D eigenvalue weighted by Gasteiger charge is 2.10. The molecule has 1 rings (SSSR count). The lowest BCUT2D eigenvalue weighted by Gasteiger charge is -2.14. The third kappa shape index (κ3) is 2.25. The maximum atomic E-state index is 9.34. The maximum absolute atomic E-state index is 9.34. The summed E-state index contributed by atoms with van der Waals surface area (Å²) in [6.45, 7) is 4.18. The van der Waals surface area contributed by atoms with Crippen molar-refractivity contribution < 1.29 is 9.84 Å². The summed E-state index contributed by atoms with van der Waals surface area (Å²) in [4.78, 5) is 0. The maximum Gasteiger partial charge on any atom is 0.132 e. The molecule has 1 aromatic rings. The summed E-state index contributed by atoms with van der Waals surface area (Å²) in [5, 5.41) is 9.34. The molecule has 0 aromatic heterocycles. The largest absolute Gasteiger partial charge is 0.496 e. The molecule has 3 N–H and O–H groups in total. The fourth-order valence-electron chi connectivity index (χ4n) is 1.34. The standard InChI is InChI=1S/C11H17NO2/c1-7(2)8-4-5-10(14-3)9(6-8)11(12)13/h4-7,11,13H,12H2,1-3H3. The van der Waals surface area contributed by atoms with Gasteiger partial charge in [0.15, 0.2) is 0 Å². The lowest BCUT2D eigenvalue weighted by atomic mass is 10.00. The summed E-state index contributed by atoms with van der Waals surface area (Å²) in [7, 11) is 1.57. The van der Waals surface area contributed by atoms with Crippen LogP contribution in [0.25, 0.3) is 0 Å². The molecule has 1 unspecified atom stereocenters. The van der Waals surface area contributed by atoms with Gasteiger partial charge >= 0.3 is 0 Å². The van der Waals surface area contributed by atoms with Gasteiger partial charge in [0.05, 0.1) is 7.11 Å². The second kappa shape index (κ2) is 4.44. The van der Waals surface area contributed by atoms with Crippen molar-refractivity contribution in [2.45, 2.75) is 26.0 Å². The van der Waals surface area contributed by atoms with Crippen molar-refractivity contribution in [2.24, 2.45) is 5.73 Å². The third-order valence-corrected chi connectivity index (χ3v) is 2.24. The van der Waals surface area contributed by atoms with Crippen molar-refractivity contribution >= 4 is 0 Å². The number of aliphatic hydroxyl groups is 1. The van der Waals surface area contributed by atoms with E-state index in [9.17, 15) is 5.11 Å². The number of hydrogen-bond donors (Lipinski definition) is 2. The van der Waals surface area contributed by atoms with Gasteiger partial charge in [-0.15, -0.1) is 0 Å². The van der Waals surface area contributed by atoms with E-state index < -0.39 is 6.23 Å². The molecule has 0 saturated heterocycles. The van der Waals surface area contributed by atoms with E-state index in [4.69, 9.17) is 10.5 Å². The zero-order valence-corrected chi connectivity index (χ0v) is 8.82. The van der Waals surface area contributed by atoms with Crippen molar-refractivity contribution in [1.29, 1.82) is 0 Å². The van der Waals surface area contributed by atoms with Crippen LogP contribution < -0.4 is 10.5 Å². The minimum absolute atomic E-state index is 0.415. The monoisotopic (exact) mass is 195 g/mol. The highest BCUT2D eigenvalue weighted by Crippen LogP contribution is 2.26. The van der Waals surface area contributed by atoms with Crippen LogP contribution in [0.4, 0.5) is 0 Å². The molecule has 0 heterocycles. The van der Waals surface area contributed by atoms with Gasteiger partial charge in [0.25, 0.3) is 0 Å². The molecule has 1 atom stereocenters. The van der Waals surface area contributed by atoms with E-state index in [2.05, 4.69) is 13.8 Å². The summed E-state index contributed by atoms with van der Waals surface area (Å²) >= 11 is 0. The number of rotatable bonds is 3. The molecular formula is C11H17NO2. The summed E-state index contributed by atoms with van der Waals surface area (Å²) in [6, 6.07) is 5.70. The highest BCUT2D eigenvalue weighted by atomic mass is 16.5. The zero-order chi connectivity index (χ0) is 10.7. The Morgan fingerprint density at radius 3 is 2.43 bits per heavy atom. The van der Waals surface area contributed by atoms with Gasteiger partial charge < -0.3 is 15.6 Å². The molecule has 0 radical (unpaired) electrons. The van der Waals surface area contributed by atoms with Crippen LogP contribution in [0.15, 0.2) is 18.2 Å². The van der Waals surface area contributed by atoms with Crippen LogP contribution in [-0.4, -0.2) is 12.2 Å². The Bertz CT molecular complexity index is 308. The fraction of sp³-hybridized carbons (Fsp3) is 0.455. The van der Waals surface area contributed by atoms with Crippen molar-refractivity contribution in [1.82, 2.24) is 0 Å². The summed E-state index contributed by atoms with van der Waals surface area (Å²) in [5.41, 5.74) is 7.22. The first-order valence-corrected chi connectivity index (χ1v) is 4.67. The molecule has 0 saturated carbocycles. The van der Waals surface area contributed by atoms with Crippen LogP contribution in [0.2, 0.25) is 0 Å². The Morgan fingerprint density at radius 1 is 1.36 bits per heavy atom. The van der Waals surface area contributed by atoms with Crippen molar-refractivity contribution in [3.05, 3.63) is 29.3 Å². The Balaban J connectivity index is 3.14. The normalized spacial score (nSPS) is 13.0. The number of aliphatic hydroxyl groups excluding tert-OH is 1. The predicted molar refractivity (Wildman–Crippen MR) is 56.2 cm³/mol. The number of ether oxygens (including phenoxy) is 1. The van der Waals surface area contributed by atoms with Crippen LogP contribution in [0.3, 0.4) is 0 Å². The Morgan fingerprint density at radius 2 is 2.00 bits per heavy atom. The second-order valence-electron chi connectivity index (χ2n) is 3.60. The van der Waals surface area contributed by atoms with Gasteiger partial charge in [-0.2, -0.15) is 0 Å². The van der Waals surface area contributed by atoms with E-state index in [0.29, 0.717) is 17.2 Å². The van der Waals surface area contributed by atoms with Crippen LogP contribution in [0.5, 0.6) is 5.75 Å². The SMILES string of the molecule is COc1ccc(C(C)C)cc1C(N)O. The van der Waals surface area contributed by atoms with E-state index in [0.717, 1.165) is 5.56 Å². The molecule has 3 nitrogen and oxygen atoms in total. The first-order valence-electron chi connectivity index (χ1n) is 4.67. The van der Waals surface area contributed by atoms with Crippen LogP contribution in [0, 0.1) is 0 Å². The van der Waals surface area contributed by atoms with Gasteiger partial charge in [0, 0.05) is 5.56 Å². The van der Waals surface area contributed by atoms with Crippen LogP contribution in [0.1, 0.15) is 37.1 Å². The lowest BCUT2D eigenvalue weighted by Crippen LogP contribution is -2.10. The molecule has 0 aliphatic carbocycles. The van der Waals surface area contributed by atoms with E-state index in [1.807, 2.05) is 18.2 Å². The minimum atomic E-state index is -0.983. The van der Waals surface area contributed by atoms with Crippen molar-refractivity contribution in [3.63, 3.8) is 0 Å². The number of hydrogen-bond acceptors (Lipinski definition) is 3. The van der Waals surface area contributed by atoms with Gasteiger partial charge in [-0.3, -0.25) is 0 Å². The Labute approximate surface area is 84.5 Å². The van der Waals surface area contributed by atoms with Gasteiger partial charge in [0.1, 0.15) is 12.0 Å². The summed E-state index contributed by atoms with van der Waals surface area (Å²) < 4.78 is 5.10. The Hall–Kier alpha value is -1.06. The number of benzene rings is 1. The molecule has 78 valence electrons. The Kier molecular flexibility index (Phi) is 3.49. The first-order chi connectivity index (χ1) is 6.56. The second-order valence-corrected chi connectivity index (χ2v) is 3.60. The average Bonchev–Trinajstić information content (AvgIpc) is 2.16. The van der Waals surface area contributed by atoms with Crippen LogP contribution >= 0.6 is 0 Å². The summed E-state index contributed by atoms with van der Waals surface area (Å²) in [6.07, 6.45) is -0.983. The minimum Gasteiger partial charge on any atom is -0.496 e. The summed E-state index contributed by atoms with van der Waals surface area (Å²) in [5.74, 6) is 1.04. The van der Waals surface area contributed by atoms with Gasteiger partial charge in [-0.05, 0) is 23.6 Å². The predicted octanol–water partition coefficient (Wildman–Crippen LogP) is 1.77. The fourth-order valence-corrected chi connectivity index (χ4v) is 1.34. The van der Waals surface area contributed by atoms with E-state index in [-0.39, 0.29) is 0 Å². The van der Waals surface area contributed by atoms with Crippen LogP contribution in [-0.2, 0) is 0 Å². The molecule has 0 bridgehead atoms. The molecule has 0 fully saturated rings.